The van der Waals surface area contributed by atoms with Crippen LogP contribution in [0.1, 0.15) is 19.8 Å². The molecule has 3 rings (SSSR count). The van der Waals surface area contributed by atoms with Crippen molar-refractivity contribution in [2.75, 3.05) is 36.1 Å². The molecule has 1 amide bonds. The third kappa shape index (κ3) is 5.60. The number of amides is 1. The van der Waals surface area contributed by atoms with Crippen LogP contribution in [-0.4, -0.2) is 59.5 Å². The first-order valence-electron chi connectivity index (χ1n) is 10.3. The molecule has 1 aliphatic heterocycles. The van der Waals surface area contributed by atoms with Crippen LogP contribution in [0.5, 0.6) is 5.75 Å². The van der Waals surface area contributed by atoms with Crippen molar-refractivity contribution in [1.82, 2.24) is 4.31 Å². The summed E-state index contributed by atoms with van der Waals surface area (Å²) in [6.07, 6.45) is 2.51. The van der Waals surface area contributed by atoms with E-state index in [2.05, 4.69) is 5.32 Å². The molecule has 0 radical (unpaired) electrons. The molecule has 0 aromatic heterocycles. The first-order chi connectivity index (χ1) is 15.9. The second kappa shape index (κ2) is 10.3. The number of rotatable bonds is 8. The van der Waals surface area contributed by atoms with Crippen LogP contribution < -0.4 is 14.4 Å². The van der Waals surface area contributed by atoms with Gasteiger partial charge in [-0.1, -0.05) is 23.2 Å². The van der Waals surface area contributed by atoms with Gasteiger partial charge in [-0.3, -0.25) is 9.10 Å². The molecule has 1 N–H and O–H groups in total. The van der Waals surface area contributed by atoms with Crippen LogP contribution in [0.15, 0.2) is 41.3 Å². The van der Waals surface area contributed by atoms with Crippen LogP contribution in [0.3, 0.4) is 0 Å². The molecular formula is C21H25Cl2N3O6S2. The van der Waals surface area contributed by atoms with Crippen LogP contribution in [0.25, 0.3) is 0 Å². The molecule has 0 aliphatic carbocycles. The van der Waals surface area contributed by atoms with Gasteiger partial charge in [0.05, 0.1) is 34.7 Å². The first kappa shape index (κ1) is 26.6. The Morgan fingerprint density at radius 2 is 1.74 bits per heavy atom. The van der Waals surface area contributed by atoms with E-state index in [4.69, 9.17) is 27.9 Å². The fourth-order valence-electron chi connectivity index (χ4n) is 3.70. The predicted molar refractivity (Wildman–Crippen MR) is 133 cm³/mol. The Labute approximate surface area is 209 Å². The maximum atomic E-state index is 13.1. The number of nitrogens with one attached hydrogen (secondary N) is 1. The van der Waals surface area contributed by atoms with Crippen molar-refractivity contribution in [3.8, 4) is 5.75 Å². The van der Waals surface area contributed by atoms with Gasteiger partial charge in [0.15, 0.2) is 0 Å². The van der Waals surface area contributed by atoms with E-state index in [1.807, 2.05) is 0 Å². The SMILES string of the molecule is COc1ccc(S(=O)(=O)N2CCCC2)cc1NC(=O)C(C)N(c1cc(Cl)ccc1Cl)S(C)(=O)=O. The number of ether oxygens (including phenoxy) is 1. The Hall–Kier alpha value is -2.05. The van der Waals surface area contributed by atoms with E-state index in [9.17, 15) is 21.6 Å². The quantitative estimate of drug-likeness (QED) is 0.538. The lowest BCUT2D eigenvalue weighted by molar-refractivity contribution is -0.116. The van der Waals surface area contributed by atoms with Gasteiger partial charge in [-0.15, -0.1) is 0 Å². The van der Waals surface area contributed by atoms with E-state index in [-0.39, 0.29) is 32.1 Å². The van der Waals surface area contributed by atoms with Crippen molar-refractivity contribution in [2.24, 2.45) is 0 Å². The monoisotopic (exact) mass is 549 g/mol. The maximum absolute atomic E-state index is 13.1. The summed E-state index contributed by atoms with van der Waals surface area (Å²) in [5.41, 5.74) is 0.127. The van der Waals surface area contributed by atoms with Crippen molar-refractivity contribution in [3.63, 3.8) is 0 Å². The number of benzene rings is 2. The highest BCUT2D eigenvalue weighted by Crippen LogP contribution is 2.34. The summed E-state index contributed by atoms with van der Waals surface area (Å²) in [5, 5.41) is 2.92. The van der Waals surface area contributed by atoms with Crippen molar-refractivity contribution in [3.05, 3.63) is 46.4 Å². The van der Waals surface area contributed by atoms with Crippen molar-refractivity contribution in [2.45, 2.75) is 30.7 Å². The summed E-state index contributed by atoms with van der Waals surface area (Å²) in [5.74, 6) is -0.511. The van der Waals surface area contributed by atoms with Gasteiger partial charge in [-0.25, -0.2) is 16.8 Å². The lowest BCUT2D eigenvalue weighted by Gasteiger charge is -2.29. The van der Waals surface area contributed by atoms with Crippen molar-refractivity contribution < 1.29 is 26.4 Å². The van der Waals surface area contributed by atoms with E-state index < -0.39 is 32.0 Å². The number of sulfonamides is 2. The highest BCUT2D eigenvalue weighted by molar-refractivity contribution is 7.92. The molecule has 1 atom stereocenters. The molecule has 1 fully saturated rings. The van der Waals surface area contributed by atoms with E-state index in [0.717, 1.165) is 23.4 Å². The number of halogens is 2. The second-order valence-corrected chi connectivity index (χ2v) is 12.4. The normalized spacial score (nSPS) is 15.7. The maximum Gasteiger partial charge on any atom is 0.248 e. The lowest BCUT2D eigenvalue weighted by Crippen LogP contribution is -2.45. The van der Waals surface area contributed by atoms with Gasteiger partial charge in [0, 0.05) is 18.1 Å². The minimum Gasteiger partial charge on any atom is -0.495 e. The van der Waals surface area contributed by atoms with Gasteiger partial charge < -0.3 is 10.1 Å². The van der Waals surface area contributed by atoms with Crippen LogP contribution in [0, 0.1) is 0 Å². The molecular weight excluding hydrogens is 525 g/mol. The highest BCUT2D eigenvalue weighted by Gasteiger charge is 2.32. The van der Waals surface area contributed by atoms with Crippen molar-refractivity contribution in [1.29, 1.82) is 0 Å². The number of carbonyl (C=O) groups excluding carboxylic acids is 1. The first-order valence-corrected chi connectivity index (χ1v) is 14.3. The Morgan fingerprint density at radius 3 is 2.32 bits per heavy atom. The third-order valence-electron chi connectivity index (χ3n) is 5.37. The average Bonchev–Trinajstić information content (AvgIpc) is 3.31. The molecule has 0 spiro atoms. The van der Waals surface area contributed by atoms with Gasteiger partial charge in [-0.05, 0) is 56.2 Å². The number of hydrogen-bond acceptors (Lipinski definition) is 6. The average molecular weight is 550 g/mol. The molecule has 9 nitrogen and oxygen atoms in total. The van der Waals surface area contributed by atoms with Gasteiger partial charge in [0.1, 0.15) is 11.8 Å². The number of nitrogens with zero attached hydrogens (tertiary/aromatic N) is 2. The minimum atomic E-state index is -3.96. The topological polar surface area (TPSA) is 113 Å². The fraction of sp³-hybridized carbons (Fsp3) is 0.381. The van der Waals surface area contributed by atoms with Gasteiger partial charge in [0.2, 0.25) is 26.0 Å². The Kier molecular flexibility index (Phi) is 8.03. The molecule has 1 unspecified atom stereocenters. The molecule has 2 aromatic carbocycles. The standard InChI is InChI=1S/C21H25Cl2N3O6S2/c1-14(26(33(3,28)29)19-12-15(22)6-8-17(19)23)21(27)24-18-13-16(7-9-20(18)32-2)34(30,31)25-10-4-5-11-25/h6-9,12-14H,4-5,10-11H2,1-3H3,(H,24,27). The number of carbonyl (C=O) groups is 1. The van der Waals surface area contributed by atoms with E-state index in [0.29, 0.717) is 13.1 Å². The predicted octanol–water partition coefficient (Wildman–Crippen LogP) is 3.58. The summed E-state index contributed by atoms with van der Waals surface area (Å²) in [4.78, 5) is 13.1. The van der Waals surface area contributed by atoms with Crippen LogP contribution >= 0.6 is 23.2 Å². The van der Waals surface area contributed by atoms with Crippen LogP contribution in [-0.2, 0) is 24.8 Å². The molecule has 1 aliphatic rings. The molecule has 1 heterocycles. The molecule has 34 heavy (non-hydrogen) atoms. The number of methoxy groups -OCH3 is 1. The third-order valence-corrected chi connectivity index (χ3v) is 9.04. The molecule has 0 bridgehead atoms. The molecule has 186 valence electrons. The summed E-state index contributed by atoms with van der Waals surface area (Å²) < 4.78 is 58.6. The summed E-state index contributed by atoms with van der Waals surface area (Å²) >= 11 is 12.2. The number of hydrogen-bond donors (Lipinski definition) is 1. The molecule has 0 saturated carbocycles. The van der Waals surface area contributed by atoms with E-state index in [1.165, 1.54) is 54.7 Å². The zero-order valence-electron chi connectivity index (χ0n) is 18.8. The minimum absolute atomic E-state index is 0.00370. The fourth-order valence-corrected chi connectivity index (χ4v) is 6.84. The van der Waals surface area contributed by atoms with E-state index in [1.54, 1.807) is 0 Å². The molecule has 13 heteroatoms. The summed E-state index contributed by atoms with van der Waals surface area (Å²) in [7, 11) is -6.33. The molecule has 2 aromatic rings. The van der Waals surface area contributed by atoms with Gasteiger partial charge in [-0.2, -0.15) is 4.31 Å². The van der Waals surface area contributed by atoms with Crippen molar-refractivity contribution >= 4 is 60.5 Å². The lowest BCUT2D eigenvalue weighted by atomic mass is 10.2. The van der Waals surface area contributed by atoms with Crippen LogP contribution in [0.2, 0.25) is 10.0 Å². The van der Waals surface area contributed by atoms with Crippen LogP contribution in [0.4, 0.5) is 11.4 Å². The van der Waals surface area contributed by atoms with Gasteiger partial charge >= 0.3 is 0 Å². The summed E-state index contributed by atoms with van der Waals surface area (Å²) in [6, 6.07) is 7.15. The Bertz CT molecular complexity index is 1300. The van der Waals surface area contributed by atoms with E-state index >= 15 is 0 Å². The Balaban J connectivity index is 1.96. The highest BCUT2D eigenvalue weighted by atomic mass is 35.5. The Morgan fingerprint density at radius 1 is 1.09 bits per heavy atom. The largest absolute Gasteiger partial charge is 0.495 e. The second-order valence-electron chi connectivity index (χ2n) is 7.79. The summed E-state index contributed by atoms with van der Waals surface area (Å²) in [6.45, 7) is 2.23. The zero-order valence-corrected chi connectivity index (χ0v) is 21.9. The van der Waals surface area contributed by atoms with Gasteiger partial charge in [0.25, 0.3) is 0 Å². The smallest absolute Gasteiger partial charge is 0.248 e. The molecule has 1 saturated heterocycles. The number of anilines is 2. The zero-order chi connectivity index (χ0) is 25.3.